The number of oxazole rings is 1. The summed E-state index contributed by atoms with van der Waals surface area (Å²) in [6, 6.07) is 0.0553. The quantitative estimate of drug-likeness (QED) is 0.867. The summed E-state index contributed by atoms with van der Waals surface area (Å²) in [5.41, 5.74) is -0.221. The minimum absolute atomic E-state index is 0.0290. The molecule has 2 rings (SSSR count). The van der Waals surface area contributed by atoms with Gasteiger partial charge in [-0.25, -0.2) is 13.2 Å². The molecule has 0 aromatic carbocycles. The molecule has 1 N–H and O–H groups in total. The number of sulfone groups is 1. The first-order chi connectivity index (χ1) is 8.95. The Hall–Kier alpha value is -1.22. The number of thioether (sulfide) groups is 1. The molecular weight excluding hydrogens is 292 g/mol. The number of carboxylic acids is 1. The van der Waals surface area contributed by atoms with E-state index in [9.17, 15) is 13.2 Å². The van der Waals surface area contributed by atoms with E-state index in [1.54, 1.807) is 18.7 Å². The fraction of sp³-hybridized carbons (Fsp3) is 0.600. The van der Waals surface area contributed by atoms with Gasteiger partial charge in [0.2, 0.25) is 0 Å². The molecular formula is C10H14N2O5S2. The molecule has 0 aliphatic carbocycles. The first-order valence-corrected chi connectivity index (χ1v) is 8.57. The van der Waals surface area contributed by atoms with Crippen LogP contribution in [0.5, 0.6) is 0 Å². The number of hydrogen-bond donors (Lipinski definition) is 1. The number of aromatic nitrogens is 1. The zero-order valence-electron chi connectivity index (χ0n) is 10.3. The lowest BCUT2D eigenvalue weighted by Gasteiger charge is -2.33. The highest BCUT2D eigenvalue weighted by molar-refractivity contribution is 8.01. The standard InChI is InChI=1S/C10H14N2O5S2/c1-2-19(15,16)8-6-18-4-3-12(8)10-11-7(5-17-10)9(13)14/h5,8H,2-4,6H2,1H3,(H,13,14). The lowest BCUT2D eigenvalue weighted by atomic mass is 10.5. The second kappa shape index (κ2) is 5.41. The average Bonchev–Trinajstić information content (AvgIpc) is 2.88. The van der Waals surface area contributed by atoms with Crippen molar-refractivity contribution in [2.24, 2.45) is 0 Å². The van der Waals surface area contributed by atoms with Crippen LogP contribution in [0.15, 0.2) is 10.7 Å². The largest absolute Gasteiger partial charge is 0.476 e. The maximum Gasteiger partial charge on any atom is 0.357 e. The van der Waals surface area contributed by atoms with E-state index in [4.69, 9.17) is 9.52 Å². The molecule has 1 unspecified atom stereocenters. The molecule has 0 amide bonds. The van der Waals surface area contributed by atoms with Crippen LogP contribution < -0.4 is 4.90 Å². The summed E-state index contributed by atoms with van der Waals surface area (Å²) in [6.45, 7) is 2.05. The van der Waals surface area contributed by atoms with Gasteiger partial charge < -0.3 is 14.4 Å². The van der Waals surface area contributed by atoms with E-state index < -0.39 is 21.2 Å². The summed E-state index contributed by atoms with van der Waals surface area (Å²) in [4.78, 5) is 16.1. The fourth-order valence-electron chi connectivity index (χ4n) is 1.78. The number of carbonyl (C=O) groups is 1. The Morgan fingerprint density at radius 3 is 3.00 bits per heavy atom. The van der Waals surface area contributed by atoms with Crippen molar-refractivity contribution >= 4 is 33.6 Å². The fourth-order valence-corrected chi connectivity index (χ4v) is 4.74. The molecule has 1 saturated heterocycles. The van der Waals surface area contributed by atoms with Crippen LogP contribution in [0.25, 0.3) is 0 Å². The summed E-state index contributed by atoms with van der Waals surface area (Å²) in [7, 11) is -3.27. The Kier molecular flexibility index (Phi) is 4.04. The topological polar surface area (TPSA) is 101 Å². The lowest BCUT2D eigenvalue weighted by Crippen LogP contribution is -2.48. The van der Waals surface area contributed by atoms with Gasteiger partial charge in [0.1, 0.15) is 11.6 Å². The van der Waals surface area contributed by atoms with Crippen LogP contribution in [0.4, 0.5) is 6.01 Å². The SMILES string of the molecule is CCS(=O)(=O)C1CSCCN1c1nc(C(=O)O)co1. The lowest BCUT2D eigenvalue weighted by molar-refractivity contribution is 0.0690. The van der Waals surface area contributed by atoms with Crippen LogP contribution in [-0.4, -0.2) is 53.7 Å². The summed E-state index contributed by atoms with van der Waals surface area (Å²) in [6.07, 6.45) is 1.02. The Balaban J connectivity index is 2.31. The van der Waals surface area contributed by atoms with Crippen molar-refractivity contribution in [1.29, 1.82) is 0 Å². The highest BCUT2D eigenvalue weighted by Crippen LogP contribution is 2.26. The predicted octanol–water partition coefficient (Wildman–Crippen LogP) is 0.687. The first-order valence-electron chi connectivity index (χ1n) is 5.70. The van der Waals surface area contributed by atoms with Crippen LogP contribution in [0, 0.1) is 0 Å². The zero-order valence-corrected chi connectivity index (χ0v) is 11.9. The van der Waals surface area contributed by atoms with Crippen molar-refractivity contribution in [3.63, 3.8) is 0 Å². The summed E-state index contributed by atoms with van der Waals surface area (Å²) < 4.78 is 29.2. The van der Waals surface area contributed by atoms with Crippen molar-refractivity contribution < 1.29 is 22.7 Å². The van der Waals surface area contributed by atoms with Crippen LogP contribution in [0.3, 0.4) is 0 Å². The molecule has 7 nitrogen and oxygen atoms in total. The molecule has 2 heterocycles. The van der Waals surface area contributed by atoms with Gasteiger partial charge in [0, 0.05) is 23.8 Å². The van der Waals surface area contributed by atoms with Gasteiger partial charge in [0.15, 0.2) is 15.5 Å². The van der Waals surface area contributed by atoms with Crippen LogP contribution in [-0.2, 0) is 9.84 Å². The molecule has 106 valence electrons. The Labute approximate surface area is 114 Å². The van der Waals surface area contributed by atoms with E-state index in [1.807, 2.05) is 0 Å². The van der Waals surface area contributed by atoms with Crippen molar-refractivity contribution in [1.82, 2.24) is 4.98 Å². The van der Waals surface area contributed by atoms with Gasteiger partial charge in [-0.3, -0.25) is 0 Å². The molecule has 0 saturated carbocycles. The van der Waals surface area contributed by atoms with E-state index in [0.29, 0.717) is 12.3 Å². The Morgan fingerprint density at radius 2 is 2.42 bits per heavy atom. The molecule has 1 atom stereocenters. The van der Waals surface area contributed by atoms with Gasteiger partial charge in [-0.15, -0.1) is 0 Å². The van der Waals surface area contributed by atoms with Crippen molar-refractivity contribution in [2.75, 3.05) is 28.7 Å². The third kappa shape index (κ3) is 2.86. The molecule has 1 aliphatic heterocycles. The third-order valence-electron chi connectivity index (χ3n) is 2.86. The predicted molar refractivity (Wildman–Crippen MR) is 71.4 cm³/mol. The zero-order chi connectivity index (χ0) is 14.0. The van der Waals surface area contributed by atoms with Crippen LogP contribution >= 0.6 is 11.8 Å². The van der Waals surface area contributed by atoms with Gasteiger partial charge in [0.25, 0.3) is 6.01 Å². The normalized spacial score (nSPS) is 20.5. The molecule has 9 heteroatoms. The average molecular weight is 306 g/mol. The number of carboxylic acid groups (broad SMARTS) is 1. The molecule has 0 spiro atoms. The minimum Gasteiger partial charge on any atom is -0.476 e. The van der Waals surface area contributed by atoms with E-state index in [1.165, 1.54) is 4.90 Å². The highest BCUT2D eigenvalue weighted by atomic mass is 32.2. The monoisotopic (exact) mass is 306 g/mol. The molecule has 0 bridgehead atoms. The van der Waals surface area contributed by atoms with Gasteiger partial charge in [-0.05, 0) is 0 Å². The molecule has 1 fully saturated rings. The van der Waals surface area contributed by atoms with E-state index in [0.717, 1.165) is 12.0 Å². The number of nitrogens with zero attached hydrogens (tertiary/aromatic N) is 2. The maximum absolute atomic E-state index is 12.0. The summed E-state index contributed by atoms with van der Waals surface area (Å²) >= 11 is 1.55. The van der Waals surface area contributed by atoms with Crippen LogP contribution in [0.2, 0.25) is 0 Å². The van der Waals surface area contributed by atoms with Crippen molar-refractivity contribution in [2.45, 2.75) is 12.3 Å². The first kappa shape index (κ1) is 14.2. The third-order valence-corrected chi connectivity index (χ3v) is 6.15. The summed E-state index contributed by atoms with van der Waals surface area (Å²) in [5, 5.41) is 8.09. The van der Waals surface area contributed by atoms with Gasteiger partial charge in [-0.1, -0.05) is 6.92 Å². The second-order valence-corrected chi connectivity index (χ2v) is 7.59. The number of rotatable bonds is 4. The Bertz CT molecular complexity index is 568. The van der Waals surface area contributed by atoms with Crippen molar-refractivity contribution in [3.8, 4) is 0 Å². The maximum atomic E-state index is 12.0. The highest BCUT2D eigenvalue weighted by Gasteiger charge is 2.35. The molecule has 1 aliphatic rings. The summed E-state index contributed by atoms with van der Waals surface area (Å²) in [5.74, 6) is 0.0131. The number of anilines is 1. The van der Waals surface area contributed by atoms with Gasteiger partial charge in [-0.2, -0.15) is 16.7 Å². The molecule has 19 heavy (non-hydrogen) atoms. The van der Waals surface area contributed by atoms with E-state index in [2.05, 4.69) is 4.98 Å². The van der Waals surface area contributed by atoms with Crippen LogP contribution in [0.1, 0.15) is 17.4 Å². The van der Waals surface area contributed by atoms with Gasteiger partial charge in [0.05, 0.1) is 0 Å². The molecule has 0 radical (unpaired) electrons. The minimum atomic E-state index is -3.27. The van der Waals surface area contributed by atoms with E-state index in [-0.39, 0.29) is 17.5 Å². The number of hydrogen-bond acceptors (Lipinski definition) is 7. The smallest absolute Gasteiger partial charge is 0.357 e. The Morgan fingerprint density at radius 1 is 1.68 bits per heavy atom. The van der Waals surface area contributed by atoms with Gasteiger partial charge >= 0.3 is 5.97 Å². The van der Waals surface area contributed by atoms with Crippen molar-refractivity contribution in [3.05, 3.63) is 12.0 Å². The number of aromatic carboxylic acids is 1. The molecule has 1 aromatic rings. The second-order valence-electron chi connectivity index (χ2n) is 3.99. The van der Waals surface area contributed by atoms with E-state index >= 15 is 0 Å². The molecule has 1 aromatic heterocycles.